The van der Waals surface area contributed by atoms with Gasteiger partial charge in [-0.2, -0.15) is 4.31 Å². The van der Waals surface area contributed by atoms with E-state index in [2.05, 4.69) is 15.9 Å². The third kappa shape index (κ3) is 3.20. The number of ether oxygens (including phenoxy) is 1. The molecule has 1 saturated heterocycles. The van der Waals surface area contributed by atoms with E-state index in [0.717, 1.165) is 8.66 Å². The first-order valence-electron chi connectivity index (χ1n) is 5.87. The van der Waals surface area contributed by atoms with Gasteiger partial charge >= 0.3 is 0 Å². The van der Waals surface area contributed by atoms with Gasteiger partial charge in [-0.1, -0.05) is 0 Å². The highest BCUT2D eigenvalue weighted by molar-refractivity contribution is 9.11. The van der Waals surface area contributed by atoms with Crippen LogP contribution >= 0.6 is 27.3 Å². The van der Waals surface area contributed by atoms with Gasteiger partial charge in [0.15, 0.2) is 0 Å². The number of aliphatic hydroxyl groups excluding tert-OH is 1. The molecular weight excluding hydrogens is 354 g/mol. The molecule has 0 bridgehead atoms. The number of halogens is 1. The molecule has 8 heteroatoms. The Morgan fingerprint density at radius 2 is 2.26 bits per heavy atom. The third-order valence-electron chi connectivity index (χ3n) is 2.96. The molecule has 0 radical (unpaired) electrons. The molecule has 0 amide bonds. The first-order chi connectivity index (χ1) is 8.84. The number of morpholine rings is 1. The van der Waals surface area contributed by atoms with Gasteiger partial charge in [0.1, 0.15) is 0 Å². The van der Waals surface area contributed by atoms with E-state index < -0.39 is 16.1 Å². The molecule has 0 aromatic carbocycles. The lowest BCUT2D eigenvalue weighted by molar-refractivity contribution is -0.0750. The van der Waals surface area contributed by atoms with Crippen molar-refractivity contribution >= 4 is 37.3 Å². The first-order valence-corrected chi connectivity index (χ1v) is 8.92. The van der Waals surface area contributed by atoms with Gasteiger partial charge in [-0.05, 0) is 35.8 Å². The maximum atomic E-state index is 12.6. The molecular formula is C11H16BrNO4S2. The number of aryl methyl sites for hydroxylation is 1. The highest BCUT2D eigenvalue weighted by atomic mass is 79.9. The number of thiophene rings is 1. The highest BCUT2D eigenvalue weighted by Gasteiger charge is 2.34. The smallest absolute Gasteiger partial charge is 0.244 e. The monoisotopic (exact) mass is 369 g/mol. The Labute approximate surface area is 125 Å². The Balaban J connectivity index is 2.31. The summed E-state index contributed by atoms with van der Waals surface area (Å²) in [5, 5.41) is 9.17. The minimum atomic E-state index is -3.53. The van der Waals surface area contributed by atoms with E-state index in [1.807, 2.05) is 0 Å². The van der Waals surface area contributed by atoms with E-state index in [0.29, 0.717) is 11.4 Å². The lowest BCUT2D eigenvalue weighted by Gasteiger charge is -2.35. The molecule has 1 aliphatic heterocycles. The van der Waals surface area contributed by atoms with Gasteiger partial charge in [0.25, 0.3) is 0 Å². The van der Waals surface area contributed by atoms with Crippen LogP contribution in [0.4, 0.5) is 0 Å². The second-order valence-electron chi connectivity index (χ2n) is 4.54. The number of hydrogen-bond acceptors (Lipinski definition) is 5. The zero-order valence-corrected chi connectivity index (χ0v) is 13.9. The average molecular weight is 370 g/mol. The van der Waals surface area contributed by atoms with Crippen LogP contribution < -0.4 is 0 Å². The van der Waals surface area contributed by atoms with Crippen LogP contribution in [0, 0.1) is 6.92 Å². The maximum Gasteiger partial charge on any atom is 0.244 e. The molecule has 1 aromatic heterocycles. The Bertz CT molecular complexity index is 557. The molecule has 1 N–H and O–H groups in total. The van der Waals surface area contributed by atoms with E-state index in [-0.39, 0.29) is 19.3 Å². The largest absolute Gasteiger partial charge is 0.394 e. The maximum absolute atomic E-state index is 12.6. The Kier molecular flexibility index (Phi) is 4.69. The molecule has 108 valence electrons. The topological polar surface area (TPSA) is 66.8 Å². The van der Waals surface area contributed by atoms with Crippen LogP contribution in [0.3, 0.4) is 0 Å². The number of aliphatic hydroxyl groups is 1. The molecule has 0 saturated carbocycles. The van der Waals surface area contributed by atoms with E-state index in [1.165, 1.54) is 15.6 Å². The fourth-order valence-electron chi connectivity index (χ4n) is 2.13. The number of hydrogen-bond donors (Lipinski definition) is 1. The van der Waals surface area contributed by atoms with Crippen molar-refractivity contribution in [1.29, 1.82) is 0 Å². The molecule has 2 rings (SSSR count). The molecule has 0 spiro atoms. The van der Waals surface area contributed by atoms with Crippen LogP contribution in [0.1, 0.15) is 11.8 Å². The Morgan fingerprint density at radius 1 is 1.58 bits per heavy atom. The molecule has 1 aliphatic rings. The summed E-state index contributed by atoms with van der Waals surface area (Å²) >= 11 is 4.71. The summed E-state index contributed by atoms with van der Waals surface area (Å²) in [6.45, 7) is 3.92. The van der Waals surface area contributed by atoms with Crippen LogP contribution in [0.2, 0.25) is 0 Å². The summed E-state index contributed by atoms with van der Waals surface area (Å²) in [7, 11) is -3.53. The summed E-state index contributed by atoms with van der Waals surface area (Å²) in [5.74, 6) is 0. The molecule has 5 nitrogen and oxygen atoms in total. The van der Waals surface area contributed by atoms with Crippen molar-refractivity contribution in [3.63, 3.8) is 0 Å². The van der Waals surface area contributed by atoms with Gasteiger partial charge in [0.05, 0.1) is 27.5 Å². The van der Waals surface area contributed by atoms with Gasteiger partial charge in [0, 0.05) is 18.0 Å². The summed E-state index contributed by atoms with van der Waals surface area (Å²) in [5.41, 5.74) is 0. The number of rotatable bonds is 3. The zero-order chi connectivity index (χ0) is 14.2. The summed E-state index contributed by atoms with van der Waals surface area (Å²) in [6.07, 6.45) is -0.677. The average Bonchev–Trinajstić information content (AvgIpc) is 2.68. The van der Waals surface area contributed by atoms with Crippen LogP contribution in [0.25, 0.3) is 0 Å². The van der Waals surface area contributed by atoms with Gasteiger partial charge in [0.2, 0.25) is 10.0 Å². The second-order valence-corrected chi connectivity index (χ2v) is 9.09. The fraction of sp³-hybridized carbons (Fsp3) is 0.636. The molecule has 2 heterocycles. The van der Waals surface area contributed by atoms with Gasteiger partial charge in [-0.3, -0.25) is 0 Å². The van der Waals surface area contributed by atoms with E-state index in [1.54, 1.807) is 19.9 Å². The fourth-order valence-corrected chi connectivity index (χ4v) is 6.06. The van der Waals surface area contributed by atoms with Crippen molar-refractivity contribution in [3.05, 3.63) is 14.7 Å². The lowest BCUT2D eigenvalue weighted by atomic mass is 10.2. The van der Waals surface area contributed by atoms with Gasteiger partial charge < -0.3 is 9.84 Å². The predicted molar refractivity (Wildman–Crippen MR) is 76.9 cm³/mol. The highest BCUT2D eigenvalue weighted by Crippen LogP contribution is 2.32. The lowest BCUT2D eigenvalue weighted by Crippen LogP contribution is -2.50. The SMILES string of the molecule is Cc1sc(Br)cc1S(=O)(=O)N1CC(C)OC(CO)C1. The van der Waals surface area contributed by atoms with Crippen molar-refractivity contribution in [3.8, 4) is 0 Å². The third-order valence-corrected chi connectivity index (χ3v) is 6.60. The molecule has 0 aliphatic carbocycles. The first kappa shape index (κ1) is 15.4. The molecule has 2 atom stereocenters. The van der Waals surface area contributed by atoms with Crippen LogP contribution in [-0.2, 0) is 14.8 Å². The van der Waals surface area contributed by atoms with Crippen molar-refractivity contribution < 1.29 is 18.3 Å². The Morgan fingerprint density at radius 3 is 2.79 bits per heavy atom. The van der Waals surface area contributed by atoms with Gasteiger partial charge in [-0.25, -0.2) is 8.42 Å². The van der Waals surface area contributed by atoms with E-state index in [9.17, 15) is 8.42 Å². The molecule has 1 fully saturated rings. The summed E-state index contributed by atoms with van der Waals surface area (Å²) in [6, 6.07) is 1.63. The molecule has 2 unspecified atom stereocenters. The van der Waals surface area contributed by atoms with Crippen molar-refractivity contribution in [2.24, 2.45) is 0 Å². The van der Waals surface area contributed by atoms with Crippen molar-refractivity contribution in [1.82, 2.24) is 4.31 Å². The predicted octanol–water partition coefficient (Wildman–Crippen LogP) is 1.59. The van der Waals surface area contributed by atoms with Crippen molar-refractivity contribution in [2.75, 3.05) is 19.7 Å². The van der Waals surface area contributed by atoms with E-state index >= 15 is 0 Å². The van der Waals surface area contributed by atoms with Crippen LogP contribution in [0.5, 0.6) is 0 Å². The van der Waals surface area contributed by atoms with E-state index in [4.69, 9.17) is 9.84 Å². The minimum Gasteiger partial charge on any atom is -0.394 e. The quantitative estimate of drug-likeness (QED) is 0.878. The minimum absolute atomic E-state index is 0.178. The van der Waals surface area contributed by atoms with Gasteiger partial charge in [-0.15, -0.1) is 11.3 Å². The summed E-state index contributed by atoms with van der Waals surface area (Å²) < 4.78 is 32.9. The second kappa shape index (κ2) is 5.79. The van der Waals surface area contributed by atoms with Crippen LogP contribution in [-0.4, -0.2) is 49.7 Å². The van der Waals surface area contributed by atoms with Crippen LogP contribution in [0.15, 0.2) is 14.7 Å². The summed E-state index contributed by atoms with van der Waals surface area (Å²) in [4.78, 5) is 1.08. The number of nitrogens with zero attached hydrogens (tertiary/aromatic N) is 1. The standard InChI is InChI=1S/C11H16BrNO4S2/c1-7-4-13(5-9(6-14)17-7)19(15,16)10-3-11(12)18-8(10)2/h3,7,9,14H,4-6H2,1-2H3. The Hall–Kier alpha value is 0.01000. The molecule has 1 aromatic rings. The zero-order valence-electron chi connectivity index (χ0n) is 10.7. The van der Waals surface area contributed by atoms with Crippen molar-refractivity contribution in [2.45, 2.75) is 31.0 Å². The molecule has 19 heavy (non-hydrogen) atoms. The normalized spacial score (nSPS) is 25.7. The number of sulfonamides is 1.